The molecule has 0 bridgehead atoms. The van der Waals surface area contributed by atoms with E-state index < -0.39 is 11.4 Å². The van der Waals surface area contributed by atoms with Crippen LogP contribution in [0.4, 0.5) is 0 Å². The maximum Gasteiger partial charge on any atom is 0.351 e. The normalized spacial score (nSPS) is 12.7. The van der Waals surface area contributed by atoms with Crippen LogP contribution < -0.4 is 11.4 Å². The molecule has 0 unspecified atom stereocenters. The van der Waals surface area contributed by atoms with Gasteiger partial charge in [-0.3, -0.25) is 4.79 Å². The summed E-state index contributed by atoms with van der Waals surface area (Å²) in [7, 11) is 0. The van der Waals surface area contributed by atoms with Crippen molar-refractivity contribution in [3.8, 4) is 5.75 Å². The molecule has 0 atom stereocenters. The smallest absolute Gasteiger partial charge is 0.351 e. The fourth-order valence-corrected chi connectivity index (χ4v) is 2.43. The monoisotopic (exact) mass is 359 g/mol. The molecule has 142 valence electrons. The number of carbonyl (C=O) groups is 1. The van der Waals surface area contributed by atoms with E-state index in [9.17, 15) is 14.7 Å². The number of nitrogens with two attached hydrogens (primary N) is 1. The van der Waals surface area contributed by atoms with Gasteiger partial charge >= 0.3 is 5.63 Å². The van der Waals surface area contributed by atoms with Crippen molar-refractivity contribution in [2.45, 2.75) is 59.3 Å². The average molecular weight is 359 g/mol. The zero-order valence-electron chi connectivity index (χ0n) is 15.9. The van der Waals surface area contributed by atoms with Gasteiger partial charge < -0.3 is 15.3 Å². The van der Waals surface area contributed by atoms with E-state index in [4.69, 9.17) is 10.2 Å². The summed E-state index contributed by atoms with van der Waals surface area (Å²) in [4.78, 5) is 24.6. The van der Waals surface area contributed by atoms with E-state index in [-0.39, 0.29) is 11.3 Å². The third-order valence-electron chi connectivity index (χ3n) is 4.04. The highest BCUT2D eigenvalue weighted by atomic mass is 16.4. The van der Waals surface area contributed by atoms with Crippen LogP contribution in [0.25, 0.3) is 0 Å². The lowest BCUT2D eigenvalue weighted by Gasteiger charge is -2.05. The van der Waals surface area contributed by atoms with Crippen molar-refractivity contribution < 1.29 is 14.3 Å². The minimum absolute atomic E-state index is 0.316. The molecule has 0 saturated heterocycles. The number of rotatable bonds is 10. The van der Waals surface area contributed by atoms with Gasteiger partial charge in [0.05, 0.1) is 0 Å². The van der Waals surface area contributed by atoms with E-state index in [0.29, 0.717) is 17.8 Å². The van der Waals surface area contributed by atoms with Gasteiger partial charge in [-0.15, -0.1) is 0 Å². The first kappa shape index (κ1) is 21.5. The second kappa shape index (κ2) is 11.1. The lowest BCUT2D eigenvalue weighted by molar-refractivity contribution is 0.102. The van der Waals surface area contributed by atoms with Crippen molar-refractivity contribution in [3.05, 3.63) is 63.4 Å². The van der Waals surface area contributed by atoms with Crippen LogP contribution in [-0.4, -0.2) is 10.9 Å². The summed E-state index contributed by atoms with van der Waals surface area (Å²) >= 11 is 0. The predicted molar refractivity (Wildman–Crippen MR) is 104 cm³/mol. The number of hydrogen-bond donors (Lipinski definition) is 2. The second-order valence-electron chi connectivity index (χ2n) is 6.38. The molecule has 0 amide bonds. The molecule has 1 aromatic heterocycles. The number of allylic oxidation sites excluding steroid dienone is 5. The van der Waals surface area contributed by atoms with E-state index in [2.05, 4.69) is 6.92 Å². The fraction of sp³-hybridized carbons (Fsp3) is 0.429. The molecule has 0 aliphatic carbocycles. The summed E-state index contributed by atoms with van der Waals surface area (Å²) in [5, 5.41) is 10.1. The molecular formula is C21H29NO4. The second-order valence-corrected chi connectivity index (χ2v) is 6.38. The van der Waals surface area contributed by atoms with Crippen molar-refractivity contribution in [3.63, 3.8) is 0 Å². The highest BCUT2D eigenvalue weighted by Gasteiger charge is 2.20. The van der Waals surface area contributed by atoms with E-state index in [1.807, 2.05) is 13.0 Å². The Labute approximate surface area is 154 Å². The number of ketones is 1. The first-order chi connectivity index (χ1) is 12.4. The van der Waals surface area contributed by atoms with Crippen molar-refractivity contribution in [2.75, 3.05) is 0 Å². The molecule has 5 heteroatoms. The van der Waals surface area contributed by atoms with Crippen molar-refractivity contribution in [1.29, 1.82) is 0 Å². The number of hydrogen-bond acceptors (Lipinski definition) is 5. The van der Waals surface area contributed by atoms with E-state index in [1.165, 1.54) is 12.3 Å². The van der Waals surface area contributed by atoms with Crippen LogP contribution >= 0.6 is 0 Å². The maximum atomic E-state index is 12.5. The van der Waals surface area contributed by atoms with Gasteiger partial charge in [0.15, 0.2) is 5.78 Å². The quantitative estimate of drug-likeness (QED) is 0.279. The Kier molecular flexibility index (Phi) is 9.20. The Balaban J connectivity index is 2.93. The molecule has 1 aromatic rings. The molecule has 0 aliphatic rings. The van der Waals surface area contributed by atoms with Crippen LogP contribution in [0.3, 0.4) is 0 Å². The molecule has 0 fully saturated rings. The topological polar surface area (TPSA) is 93.5 Å². The number of carbonyl (C=O) groups excluding carboxylic acids is 1. The summed E-state index contributed by atoms with van der Waals surface area (Å²) in [6.07, 6.45) is 11.9. The van der Waals surface area contributed by atoms with Crippen LogP contribution in [0.1, 0.15) is 69.0 Å². The number of Topliss-reactive ketones (excluding diaryl/α,β-unsaturated/α-hetero) is 1. The Morgan fingerprint density at radius 1 is 1.27 bits per heavy atom. The average Bonchev–Trinajstić information content (AvgIpc) is 2.60. The first-order valence-corrected chi connectivity index (χ1v) is 9.02. The number of aromatic hydroxyl groups is 1. The van der Waals surface area contributed by atoms with Gasteiger partial charge in [-0.25, -0.2) is 4.79 Å². The van der Waals surface area contributed by atoms with Crippen LogP contribution in [0.15, 0.2) is 50.9 Å². The minimum atomic E-state index is -0.807. The standard InChI is InChI=1S/C21H29NO4/c1-4-5-9-15(2)11-12-16(3)20(24)19-18(23)14-17(26-21(19)25)10-7-6-8-13-22/h8,11-14,23H,4-7,9-10,22H2,1-3H3/b13-8+,15-11+,16-12+. The van der Waals surface area contributed by atoms with Crippen molar-refractivity contribution >= 4 is 5.78 Å². The van der Waals surface area contributed by atoms with Gasteiger partial charge in [0.25, 0.3) is 0 Å². The van der Waals surface area contributed by atoms with Gasteiger partial charge in [0, 0.05) is 12.5 Å². The molecule has 1 heterocycles. The minimum Gasteiger partial charge on any atom is -0.507 e. The summed E-state index contributed by atoms with van der Waals surface area (Å²) in [5.74, 6) is -0.505. The zero-order chi connectivity index (χ0) is 19.5. The number of unbranched alkanes of at least 4 members (excludes halogenated alkanes) is 2. The molecule has 0 radical (unpaired) electrons. The molecule has 3 N–H and O–H groups in total. The first-order valence-electron chi connectivity index (χ1n) is 9.02. The Morgan fingerprint density at radius 3 is 2.62 bits per heavy atom. The SMILES string of the molecule is CCCC/C(C)=C/C=C(\C)C(=O)c1c(O)cc(CCC/C=C/N)oc1=O. The molecule has 26 heavy (non-hydrogen) atoms. The Bertz CT molecular complexity index is 754. The Hall–Kier alpha value is -2.56. The lowest BCUT2D eigenvalue weighted by Crippen LogP contribution is -2.16. The predicted octanol–water partition coefficient (Wildman–Crippen LogP) is 4.41. The third-order valence-corrected chi connectivity index (χ3v) is 4.04. The molecule has 0 spiro atoms. The lowest BCUT2D eigenvalue weighted by atomic mass is 10.0. The van der Waals surface area contributed by atoms with Crippen LogP contribution in [0.5, 0.6) is 5.75 Å². The maximum absolute atomic E-state index is 12.5. The summed E-state index contributed by atoms with van der Waals surface area (Å²) in [6.45, 7) is 5.75. The van der Waals surface area contributed by atoms with Gasteiger partial charge in [0.2, 0.25) is 0 Å². The molecule has 0 saturated carbocycles. The zero-order valence-corrected chi connectivity index (χ0v) is 15.9. The van der Waals surface area contributed by atoms with E-state index in [0.717, 1.165) is 37.7 Å². The van der Waals surface area contributed by atoms with E-state index >= 15 is 0 Å². The van der Waals surface area contributed by atoms with Gasteiger partial charge in [-0.1, -0.05) is 37.1 Å². The van der Waals surface area contributed by atoms with Gasteiger partial charge in [-0.05, 0) is 51.3 Å². The fourth-order valence-electron chi connectivity index (χ4n) is 2.43. The van der Waals surface area contributed by atoms with Crippen molar-refractivity contribution in [2.24, 2.45) is 5.73 Å². The number of aryl methyl sites for hydroxylation is 1. The van der Waals surface area contributed by atoms with Gasteiger partial charge in [0.1, 0.15) is 17.1 Å². The molecule has 0 aliphatic heterocycles. The molecular weight excluding hydrogens is 330 g/mol. The van der Waals surface area contributed by atoms with Crippen LogP contribution in [-0.2, 0) is 6.42 Å². The summed E-state index contributed by atoms with van der Waals surface area (Å²) < 4.78 is 5.19. The largest absolute Gasteiger partial charge is 0.507 e. The molecule has 5 nitrogen and oxygen atoms in total. The Morgan fingerprint density at radius 2 is 2.00 bits per heavy atom. The summed E-state index contributed by atoms with van der Waals surface area (Å²) in [5.41, 5.74) is 5.68. The van der Waals surface area contributed by atoms with E-state index in [1.54, 1.807) is 19.1 Å². The van der Waals surface area contributed by atoms with Gasteiger partial charge in [-0.2, -0.15) is 0 Å². The van der Waals surface area contributed by atoms with Crippen LogP contribution in [0, 0.1) is 0 Å². The third kappa shape index (κ3) is 6.75. The highest BCUT2D eigenvalue weighted by Crippen LogP contribution is 2.20. The molecule has 1 rings (SSSR count). The van der Waals surface area contributed by atoms with Crippen LogP contribution in [0.2, 0.25) is 0 Å². The molecule has 0 aromatic carbocycles. The van der Waals surface area contributed by atoms with Crippen molar-refractivity contribution in [1.82, 2.24) is 0 Å². The summed E-state index contributed by atoms with van der Waals surface area (Å²) in [6, 6.07) is 1.34. The highest BCUT2D eigenvalue weighted by molar-refractivity contribution is 6.09.